The summed E-state index contributed by atoms with van der Waals surface area (Å²) in [7, 11) is 0. The van der Waals surface area contributed by atoms with Crippen molar-refractivity contribution < 1.29 is 41.0 Å². The average molecular weight is 339 g/mol. The molecule has 0 saturated heterocycles. The van der Waals surface area contributed by atoms with Gasteiger partial charge in [0.05, 0.1) is 0 Å². The second kappa shape index (κ2) is 7.38. The summed E-state index contributed by atoms with van der Waals surface area (Å²) in [5.41, 5.74) is -0.957. The zero-order chi connectivity index (χ0) is 17.8. The first kappa shape index (κ1) is 20.8. The SMILES string of the molecule is CC(C)(C)OC(=O)N[C@H](CCO)CC(C(F)(F)F)C(F)(F)F. The lowest BCUT2D eigenvalue weighted by Crippen LogP contribution is -2.45. The van der Waals surface area contributed by atoms with Crippen molar-refractivity contribution in [3.8, 4) is 0 Å². The van der Waals surface area contributed by atoms with Gasteiger partial charge in [0.1, 0.15) is 5.60 Å². The van der Waals surface area contributed by atoms with Crippen LogP contribution in [0.5, 0.6) is 0 Å². The molecule has 0 aromatic rings. The predicted molar refractivity (Wildman–Crippen MR) is 65.1 cm³/mol. The fourth-order valence-electron chi connectivity index (χ4n) is 1.62. The quantitative estimate of drug-likeness (QED) is 0.755. The molecule has 0 fully saturated rings. The summed E-state index contributed by atoms with van der Waals surface area (Å²) in [5, 5.41) is 10.7. The molecule has 0 aromatic carbocycles. The lowest BCUT2D eigenvalue weighted by atomic mass is 9.97. The number of alkyl carbamates (subject to hydrolysis) is 1. The van der Waals surface area contributed by atoms with E-state index in [9.17, 15) is 31.1 Å². The van der Waals surface area contributed by atoms with Gasteiger partial charge in [-0.05, 0) is 33.6 Å². The number of alkyl halides is 6. The molecule has 0 aromatic heterocycles. The van der Waals surface area contributed by atoms with Crippen LogP contribution in [0.15, 0.2) is 0 Å². The van der Waals surface area contributed by atoms with Crippen LogP contribution in [0.1, 0.15) is 33.6 Å². The van der Waals surface area contributed by atoms with Crippen molar-refractivity contribution in [2.75, 3.05) is 6.61 Å². The lowest BCUT2D eigenvalue weighted by Gasteiger charge is -2.28. The van der Waals surface area contributed by atoms with E-state index in [0.29, 0.717) is 0 Å². The Morgan fingerprint density at radius 1 is 1.09 bits per heavy atom. The molecule has 0 rings (SSSR count). The highest BCUT2D eigenvalue weighted by Crippen LogP contribution is 2.42. The van der Waals surface area contributed by atoms with Gasteiger partial charge in [-0.3, -0.25) is 0 Å². The molecule has 0 bridgehead atoms. The van der Waals surface area contributed by atoms with Crippen LogP contribution in [0.3, 0.4) is 0 Å². The van der Waals surface area contributed by atoms with Crippen LogP contribution < -0.4 is 5.32 Å². The van der Waals surface area contributed by atoms with Crippen molar-refractivity contribution in [3.05, 3.63) is 0 Å². The van der Waals surface area contributed by atoms with Crippen LogP contribution >= 0.6 is 0 Å². The highest BCUT2D eigenvalue weighted by Gasteiger charge is 2.56. The maximum atomic E-state index is 12.5. The molecule has 0 unspecified atom stereocenters. The van der Waals surface area contributed by atoms with E-state index >= 15 is 0 Å². The Bertz CT molecular complexity index is 347. The fourth-order valence-corrected chi connectivity index (χ4v) is 1.62. The van der Waals surface area contributed by atoms with Crippen molar-refractivity contribution in [2.24, 2.45) is 5.92 Å². The number of carbonyl (C=O) groups is 1. The van der Waals surface area contributed by atoms with Gasteiger partial charge < -0.3 is 15.2 Å². The first-order chi connectivity index (χ1) is 9.66. The third-order valence-electron chi connectivity index (χ3n) is 2.51. The summed E-state index contributed by atoms with van der Waals surface area (Å²) >= 11 is 0. The second-order valence-electron chi connectivity index (χ2n) is 5.73. The molecule has 22 heavy (non-hydrogen) atoms. The van der Waals surface area contributed by atoms with Crippen molar-refractivity contribution in [3.63, 3.8) is 0 Å². The van der Waals surface area contributed by atoms with E-state index in [4.69, 9.17) is 9.84 Å². The summed E-state index contributed by atoms with van der Waals surface area (Å²) in [4.78, 5) is 11.4. The van der Waals surface area contributed by atoms with Gasteiger partial charge >= 0.3 is 18.4 Å². The molecule has 0 heterocycles. The fraction of sp³-hybridized carbons (Fsp3) is 0.917. The number of aliphatic hydroxyl groups excluding tert-OH is 1. The van der Waals surface area contributed by atoms with Crippen molar-refractivity contribution in [2.45, 2.75) is 57.6 Å². The number of amides is 1. The third kappa shape index (κ3) is 8.30. The summed E-state index contributed by atoms with van der Waals surface area (Å²) in [5.74, 6) is -3.59. The molecular formula is C12H19F6NO3. The van der Waals surface area contributed by atoms with Crippen molar-refractivity contribution in [1.29, 1.82) is 0 Å². The van der Waals surface area contributed by atoms with Crippen LogP contribution in [0.4, 0.5) is 31.1 Å². The Morgan fingerprint density at radius 2 is 1.55 bits per heavy atom. The summed E-state index contributed by atoms with van der Waals surface area (Å²) in [6, 6.07) is -1.52. The van der Waals surface area contributed by atoms with Gasteiger partial charge in [-0.15, -0.1) is 0 Å². The van der Waals surface area contributed by atoms with Crippen LogP contribution in [0.25, 0.3) is 0 Å². The van der Waals surface area contributed by atoms with Gasteiger partial charge in [0.15, 0.2) is 5.92 Å². The zero-order valence-corrected chi connectivity index (χ0v) is 12.3. The number of carbonyl (C=O) groups excluding carboxylic acids is 1. The average Bonchev–Trinajstić information content (AvgIpc) is 2.19. The molecule has 0 radical (unpaired) electrons. The largest absolute Gasteiger partial charge is 0.444 e. The molecule has 0 aliphatic carbocycles. The summed E-state index contributed by atoms with van der Waals surface area (Å²) in [6.45, 7) is 3.79. The number of ether oxygens (including phenoxy) is 1. The Labute approximate surface area is 123 Å². The molecule has 10 heteroatoms. The van der Waals surface area contributed by atoms with Crippen LogP contribution in [-0.2, 0) is 4.74 Å². The first-order valence-electron chi connectivity index (χ1n) is 6.40. The van der Waals surface area contributed by atoms with Crippen molar-refractivity contribution >= 4 is 6.09 Å². The molecular weight excluding hydrogens is 320 g/mol. The minimum absolute atomic E-state index is 0.456. The number of nitrogens with one attached hydrogen (secondary N) is 1. The highest BCUT2D eigenvalue weighted by atomic mass is 19.4. The minimum Gasteiger partial charge on any atom is -0.444 e. The van der Waals surface area contributed by atoms with Gasteiger partial charge in [0.25, 0.3) is 0 Å². The molecule has 4 nitrogen and oxygen atoms in total. The second-order valence-corrected chi connectivity index (χ2v) is 5.73. The Hall–Kier alpha value is -1.19. The standard InChI is InChI=1S/C12H19F6NO3/c1-10(2,3)22-9(21)19-7(4-5-20)6-8(11(13,14)15)12(16,17)18/h7-8,20H,4-6H2,1-3H3,(H,19,21)/t7-/m1/s1. The third-order valence-corrected chi connectivity index (χ3v) is 2.51. The molecule has 0 saturated carbocycles. The van der Waals surface area contributed by atoms with E-state index in [2.05, 4.69) is 0 Å². The molecule has 2 N–H and O–H groups in total. The van der Waals surface area contributed by atoms with Gasteiger partial charge in [-0.1, -0.05) is 0 Å². The van der Waals surface area contributed by atoms with E-state index in [1.165, 1.54) is 20.8 Å². The lowest BCUT2D eigenvalue weighted by molar-refractivity contribution is -0.287. The summed E-state index contributed by atoms with van der Waals surface area (Å²) < 4.78 is 79.8. The minimum atomic E-state index is -5.50. The maximum absolute atomic E-state index is 12.5. The number of aliphatic hydroxyl groups is 1. The topological polar surface area (TPSA) is 58.6 Å². The van der Waals surface area contributed by atoms with E-state index in [0.717, 1.165) is 0 Å². The molecule has 0 aliphatic rings. The monoisotopic (exact) mass is 339 g/mol. The molecule has 1 atom stereocenters. The normalized spacial score (nSPS) is 14.9. The van der Waals surface area contributed by atoms with Gasteiger partial charge in [-0.2, -0.15) is 26.3 Å². The van der Waals surface area contributed by atoms with E-state index in [-0.39, 0.29) is 0 Å². The molecule has 0 spiro atoms. The van der Waals surface area contributed by atoms with E-state index in [1.54, 1.807) is 0 Å². The number of hydrogen-bond acceptors (Lipinski definition) is 3. The van der Waals surface area contributed by atoms with Crippen LogP contribution in [0.2, 0.25) is 0 Å². The van der Waals surface area contributed by atoms with Crippen LogP contribution in [0, 0.1) is 5.92 Å². The predicted octanol–water partition coefficient (Wildman–Crippen LogP) is 3.39. The number of halogens is 6. The highest BCUT2D eigenvalue weighted by molar-refractivity contribution is 5.68. The number of rotatable bonds is 5. The molecule has 0 aliphatic heterocycles. The van der Waals surface area contributed by atoms with Crippen molar-refractivity contribution in [1.82, 2.24) is 5.32 Å². The van der Waals surface area contributed by atoms with Crippen LogP contribution in [-0.4, -0.2) is 41.8 Å². The number of hydrogen-bond donors (Lipinski definition) is 2. The maximum Gasteiger partial charge on any atom is 0.407 e. The molecule has 1 amide bonds. The Morgan fingerprint density at radius 3 is 1.86 bits per heavy atom. The molecule has 132 valence electrons. The smallest absolute Gasteiger partial charge is 0.407 e. The zero-order valence-electron chi connectivity index (χ0n) is 12.3. The van der Waals surface area contributed by atoms with Gasteiger partial charge in [-0.25, -0.2) is 4.79 Å². The van der Waals surface area contributed by atoms with Gasteiger partial charge in [0.2, 0.25) is 0 Å². The Kier molecular flexibility index (Phi) is 6.98. The van der Waals surface area contributed by atoms with Gasteiger partial charge in [0, 0.05) is 12.6 Å². The Balaban J connectivity index is 4.98. The van der Waals surface area contributed by atoms with E-state index < -0.39 is 55.5 Å². The summed E-state index contributed by atoms with van der Waals surface area (Å²) in [6.07, 6.45) is -14.0. The first-order valence-corrected chi connectivity index (χ1v) is 6.40. The van der Waals surface area contributed by atoms with E-state index in [1.807, 2.05) is 5.32 Å².